The molecule has 26 heavy (non-hydrogen) atoms. The number of nitrogens with zero attached hydrogens (tertiary/aromatic N) is 3. The average molecular weight is 366 g/mol. The van der Waals surface area contributed by atoms with E-state index in [1.54, 1.807) is 26.1 Å². The molecule has 0 radical (unpaired) electrons. The number of rotatable bonds is 5. The van der Waals surface area contributed by atoms with Crippen molar-refractivity contribution in [1.29, 1.82) is 0 Å². The van der Waals surface area contributed by atoms with Crippen molar-refractivity contribution in [2.24, 2.45) is 0 Å². The summed E-state index contributed by atoms with van der Waals surface area (Å²) in [5.41, 5.74) is 1.76. The van der Waals surface area contributed by atoms with Crippen LogP contribution in [0.5, 0.6) is 5.88 Å². The molecule has 0 saturated heterocycles. The molecule has 0 aliphatic heterocycles. The Hall–Kier alpha value is -2.51. The van der Waals surface area contributed by atoms with Crippen molar-refractivity contribution in [1.82, 2.24) is 19.7 Å². The molecule has 3 aromatic rings. The molecular weight excluding hydrogens is 345 g/mol. The number of halogens is 3. The lowest BCUT2D eigenvalue weighted by atomic mass is 9.95. The molecule has 1 N–H and O–H groups in total. The van der Waals surface area contributed by atoms with E-state index < -0.39 is 11.9 Å². The Kier molecular flexibility index (Phi) is 4.68. The number of fused-ring (bicyclic) bond motifs is 1. The number of hydrogen-bond acceptors (Lipinski definition) is 3. The summed E-state index contributed by atoms with van der Waals surface area (Å²) in [4.78, 5) is 7.54. The summed E-state index contributed by atoms with van der Waals surface area (Å²) in [6.45, 7) is 5.49. The van der Waals surface area contributed by atoms with Crippen LogP contribution in [0.1, 0.15) is 49.6 Å². The zero-order valence-corrected chi connectivity index (χ0v) is 15.1. The van der Waals surface area contributed by atoms with Gasteiger partial charge in [0.2, 0.25) is 5.88 Å². The van der Waals surface area contributed by atoms with E-state index in [4.69, 9.17) is 4.74 Å². The highest BCUT2D eigenvalue weighted by atomic mass is 19.4. The fourth-order valence-corrected chi connectivity index (χ4v) is 3.01. The van der Waals surface area contributed by atoms with Crippen molar-refractivity contribution in [3.63, 3.8) is 0 Å². The van der Waals surface area contributed by atoms with Crippen molar-refractivity contribution >= 4 is 11.0 Å². The Morgan fingerprint density at radius 3 is 2.58 bits per heavy atom. The molecule has 3 aromatic heterocycles. The minimum absolute atomic E-state index is 0.140. The monoisotopic (exact) mass is 366 g/mol. The number of aromatic nitrogens is 4. The standard InChI is InChI=1S/C18H21F3N4O/c1-10(2)25-9-12(17(24-25)18(19,20)21)7-11(3)13-8-22-14-5-6-15(26-4)23-16(13)14/h5-6,8-11,22H,7H2,1-4H3. The third-order valence-electron chi connectivity index (χ3n) is 4.40. The number of nitrogens with one attached hydrogen (secondary N) is 1. The molecule has 140 valence electrons. The number of hydrogen-bond donors (Lipinski definition) is 1. The molecule has 0 bridgehead atoms. The van der Waals surface area contributed by atoms with Gasteiger partial charge in [0, 0.05) is 30.1 Å². The normalized spacial score (nSPS) is 13.5. The van der Waals surface area contributed by atoms with Crippen LogP contribution in [0.2, 0.25) is 0 Å². The van der Waals surface area contributed by atoms with Crippen molar-refractivity contribution in [2.45, 2.75) is 45.3 Å². The molecule has 3 heterocycles. The Morgan fingerprint density at radius 2 is 1.96 bits per heavy atom. The largest absolute Gasteiger partial charge is 0.481 e. The lowest BCUT2D eigenvalue weighted by Gasteiger charge is -2.12. The third kappa shape index (κ3) is 3.40. The Labute approximate surface area is 149 Å². The van der Waals surface area contributed by atoms with Crippen molar-refractivity contribution < 1.29 is 17.9 Å². The number of alkyl halides is 3. The van der Waals surface area contributed by atoms with Crippen molar-refractivity contribution in [3.8, 4) is 5.88 Å². The van der Waals surface area contributed by atoms with E-state index in [-0.39, 0.29) is 23.9 Å². The SMILES string of the molecule is COc1ccc2[nH]cc(C(C)Cc3cn(C(C)C)nc3C(F)(F)F)c2n1. The molecule has 5 nitrogen and oxygen atoms in total. The van der Waals surface area contributed by atoms with Crippen LogP contribution in [0.25, 0.3) is 11.0 Å². The van der Waals surface area contributed by atoms with Crippen LogP contribution in [0.3, 0.4) is 0 Å². The van der Waals surface area contributed by atoms with Gasteiger partial charge < -0.3 is 9.72 Å². The van der Waals surface area contributed by atoms with Gasteiger partial charge in [-0.1, -0.05) is 6.92 Å². The second kappa shape index (κ2) is 6.66. The molecule has 0 aliphatic carbocycles. The van der Waals surface area contributed by atoms with Crippen LogP contribution in [-0.2, 0) is 12.6 Å². The van der Waals surface area contributed by atoms with Gasteiger partial charge in [-0.15, -0.1) is 0 Å². The zero-order valence-electron chi connectivity index (χ0n) is 15.1. The first-order valence-corrected chi connectivity index (χ1v) is 8.38. The highest BCUT2D eigenvalue weighted by Crippen LogP contribution is 2.35. The molecule has 0 aliphatic rings. The molecule has 0 fully saturated rings. The van der Waals surface area contributed by atoms with E-state index in [0.717, 1.165) is 11.1 Å². The van der Waals surface area contributed by atoms with Crippen LogP contribution < -0.4 is 4.74 Å². The molecule has 1 unspecified atom stereocenters. The molecule has 1 atom stereocenters. The fourth-order valence-electron chi connectivity index (χ4n) is 3.01. The maximum atomic E-state index is 13.4. The van der Waals surface area contributed by atoms with Gasteiger partial charge in [0.15, 0.2) is 5.69 Å². The van der Waals surface area contributed by atoms with E-state index >= 15 is 0 Å². The summed E-state index contributed by atoms with van der Waals surface area (Å²) in [5, 5.41) is 3.75. The van der Waals surface area contributed by atoms with Crippen LogP contribution in [0, 0.1) is 0 Å². The number of aromatic amines is 1. The van der Waals surface area contributed by atoms with E-state index in [0.29, 0.717) is 11.4 Å². The van der Waals surface area contributed by atoms with Gasteiger partial charge in [-0.25, -0.2) is 4.98 Å². The van der Waals surface area contributed by atoms with Gasteiger partial charge in [-0.2, -0.15) is 18.3 Å². The minimum atomic E-state index is -4.48. The van der Waals surface area contributed by atoms with Crippen LogP contribution in [0.4, 0.5) is 13.2 Å². The topological polar surface area (TPSA) is 55.7 Å². The number of pyridine rings is 1. The summed E-state index contributed by atoms with van der Waals surface area (Å²) in [7, 11) is 1.53. The van der Waals surface area contributed by atoms with Gasteiger partial charge in [0.25, 0.3) is 0 Å². The van der Waals surface area contributed by atoms with Gasteiger partial charge >= 0.3 is 6.18 Å². The smallest absolute Gasteiger partial charge is 0.435 e. The number of H-pyrrole nitrogens is 1. The van der Waals surface area contributed by atoms with Gasteiger partial charge in [-0.05, 0) is 37.8 Å². The van der Waals surface area contributed by atoms with Crippen LogP contribution in [0.15, 0.2) is 24.5 Å². The highest BCUT2D eigenvalue weighted by Gasteiger charge is 2.37. The van der Waals surface area contributed by atoms with Gasteiger partial charge in [-0.3, -0.25) is 4.68 Å². The first kappa shape index (κ1) is 18.3. The van der Waals surface area contributed by atoms with Crippen molar-refractivity contribution in [2.75, 3.05) is 7.11 Å². The minimum Gasteiger partial charge on any atom is -0.481 e. The quantitative estimate of drug-likeness (QED) is 0.711. The average Bonchev–Trinajstić information content (AvgIpc) is 3.17. The first-order valence-electron chi connectivity index (χ1n) is 8.38. The van der Waals surface area contributed by atoms with Crippen LogP contribution >= 0.6 is 0 Å². The Balaban J connectivity index is 1.96. The predicted molar refractivity (Wildman–Crippen MR) is 92.4 cm³/mol. The molecule has 0 spiro atoms. The lowest BCUT2D eigenvalue weighted by molar-refractivity contribution is -0.142. The summed E-state index contributed by atoms with van der Waals surface area (Å²) in [6.07, 6.45) is -0.973. The summed E-state index contributed by atoms with van der Waals surface area (Å²) >= 11 is 0. The summed E-state index contributed by atoms with van der Waals surface area (Å²) in [6, 6.07) is 3.44. The molecule has 0 aromatic carbocycles. The van der Waals surface area contributed by atoms with Crippen LogP contribution in [-0.4, -0.2) is 26.9 Å². The second-order valence-corrected chi connectivity index (χ2v) is 6.67. The van der Waals surface area contributed by atoms with E-state index in [1.807, 2.05) is 13.0 Å². The lowest BCUT2D eigenvalue weighted by Crippen LogP contribution is -2.11. The first-order chi connectivity index (χ1) is 12.2. The summed E-state index contributed by atoms with van der Waals surface area (Å²) in [5.74, 6) is 0.295. The summed E-state index contributed by atoms with van der Waals surface area (Å²) < 4.78 is 46.6. The fraction of sp³-hybridized carbons (Fsp3) is 0.444. The van der Waals surface area contributed by atoms with E-state index in [1.165, 1.54) is 18.0 Å². The maximum Gasteiger partial charge on any atom is 0.435 e. The maximum absolute atomic E-state index is 13.4. The van der Waals surface area contributed by atoms with Gasteiger partial charge in [0.05, 0.1) is 18.1 Å². The molecule has 0 amide bonds. The third-order valence-corrected chi connectivity index (χ3v) is 4.40. The predicted octanol–water partition coefficient (Wildman–Crippen LogP) is 4.71. The van der Waals surface area contributed by atoms with Gasteiger partial charge in [0.1, 0.15) is 0 Å². The molecular formula is C18H21F3N4O. The van der Waals surface area contributed by atoms with E-state index in [2.05, 4.69) is 15.1 Å². The second-order valence-electron chi connectivity index (χ2n) is 6.67. The van der Waals surface area contributed by atoms with Crippen molar-refractivity contribution in [3.05, 3.63) is 41.3 Å². The molecule has 3 rings (SSSR count). The number of ether oxygens (including phenoxy) is 1. The Morgan fingerprint density at radius 1 is 1.23 bits per heavy atom. The molecule has 8 heteroatoms. The number of methoxy groups -OCH3 is 1. The zero-order chi connectivity index (χ0) is 19.1. The molecule has 0 saturated carbocycles. The highest BCUT2D eigenvalue weighted by molar-refractivity contribution is 5.80. The Bertz CT molecular complexity index is 911. The van der Waals surface area contributed by atoms with E-state index in [9.17, 15) is 13.2 Å².